The van der Waals surface area contributed by atoms with Gasteiger partial charge in [0.1, 0.15) is 12.6 Å². The maximum atomic E-state index is 12.8. The minimum atomic E-state index is -1.14. The Morgan fingerprint density at radius 1 is 0.484 bits per heavy atom. The van der Waals surface area contributed by atoms with Crippen LogP contribution in [0, 0.1) is 0 Å². The van der Waals surface area contributed by atoms with E-state index in [2.05, 4.69) is 98.9 Å². The fourth-order valence-electron chi connectivity index (χ4n) is 7.12. The number of hydrogen-bond donors (Lipinski definition) is 0. The summed E-state index contributed by atoms with van der Waals surface area (Å²) in [5, 5.41) is 11.7. The number of allylic oxidation sites excluding steroid dienone is 14. The first-order chi connectivity index (χ1) is 31.1. The number of likely N-dealkylation sites (N-methyl/N-ethyl adjacent to an activating group) is 1. The van der Waals surface area contributed by atoms with Crippen molar-refractivity contribution < 1.29 is 38.2 Å². The molecule has 0 aromatic rings. The molecule has 2 unspecified atom stereocenters. The third-order valence-corrected chi connectivity index (χ3v) is 11.0. The average molecular weight is 894 g/mol. The molecule has 0 spiro atoms. The van der Waals surface area contributed by atoms with Crippen molar-refractivity contribution in [3.05, 3.63) is 85.1 Å². The van der Waals surface area contributed by atoms with Gasteiger partial charge in [-0.2, -0.15) is 0 Å². The van der Waals surface area contributed by atoms with Crippen molar-refractivity contribution in [3.8, 4) is 0 Å². The fourth-order valence-corrected chi connectivity index (χ4v) is 7.12. The van der Waals surface area contributed by atoms with Gasteiger partial charge in [-0.1, -0.05) is 202 Å². The van der Waals surface area contributed by atoms with Crippen molar-refractivity contribution in [2.24, 2.45) is 0 Å². The van der Waals surface area contributed by atoms with Crippen LogP contribution < -0.4 is 5.11 Å². The minimum absolute atomic E-state index is 0.0148. The zero-order valence-electron chi connectivity index (χ0n) is 41.7. The van der Waals surface area contributed by atoms with Gasteiger partial charge in [0.25, 0.3) is 0 Å². The summed E-state index contributed by atoms with van der Waals surface area (Å²) in [7, 11) is 5.39. The van der Waals surface area contributed by atoms with Gasteiger partial charge in [-0.05, 0) is 64.2 Å². The molecule has 0 aromatic carbocycles. The Hall–Kier alpha value is -3.49. The molecule has 0 aliphatic heterocycles. The van der Waals surface area contributed by atoms with Gasteiger partial charge in [-0.3, -0.25) is 9.59 Å². The second kappa shape index (κ2) is 46.1. The van der Waals surface area contributed by atoms with Crippen LogP contribution in [0.2, 0.25) is 0 Å². The molecule has 0 amide bonds. The van der Waals surface area contributed by atoms with Crippen LogP contribution in [0.15, 0.2) is 85.1 Å². The predicted octanol–water partition coefficient (Wildman–Crippen LogP) is 13.5. The lowest BCUT2D eigenvalue weighted by Gasteiger charge is -2.34. The summed E-state index contributed by atoms with van der Waals surface area (Å²) in [6, 6.07) is -0.740. The molecule has 0 bridgehead atoms. The van der Waals surface area contributed by atoms with Crippen molar-refractivity contribution in [2.45, 2.75) is 212 Å². The summed E-state index contributed by atoms with van der Waals surface area (Å²) in [4.78, 5) is 37.0. The van der Waals surface area contributed by atoms with Crippen molar-refractivity contribution in [1.29, 1.82) is 0 Å². The Morgan fingerprint density at radius 3 is 1.28 bits per heavy atom. The zero-order valence-corrected chi connectivity index (χ0v) is 41.7. The summed E-state index contributed by atoms with van der Waals surface area (Å²) in [6.07, 6.45) is 60.5. The maximum absolute atomic E-state index is 12.8. The molecule has 0 saturated heterocycles. The van der Waals surface area contributed by atoms with E-state index in [1.807, 2.05) is 0 Å². The Balaban J connectivity index is 4.37. The van der Waals surface area contributed by atoms with Crippen LogP contribution in [0.4, 0.5) is 0 Å². The first-order valence-electron chi connectivity index (χ1n) is 25.6. The SMILES string of the molecule is CC/C=C/C/C=C/C/C=C/C/C=C/C/C=C/C/C=C/C/C=C/CCCC(=O)OC(COCCC(C(=O)[O-])[N+](C)(C)C)COC(=O)CCCCCCCCCCCCCCCCCCC. The molecular formula is C56H95NO7. The standard InChI is InChI=1S/C56H95NO7/c1-6-8-10-12-14-16-18-20-22-24-25-26-27-28-29-31-33-35-37-39-41-43-45-47-55(59)64-52(50-62-49-48-53(56(60)61)57(3,4)5)51-63-54(58)46-44-42-40-38-36-34-32-30-23-21-19-17-15-13-11-9-7-2/h8,10,14,16,20,22,25-26,28-29,33,35,39,41,52-53H,6-7,9,11-13,15,17-19,21,23-24,27,30-32,34,36-38,40,42-51H2,1-5H3/b10-8+,16-14+,22-20+,26-25+,29-28+,35-33+,41-39+. The van der Waals surface area contributed by atoms with Gasteiger partial charge >= 0.3 is 11.9 Å². The second-order valence-electron chi connectivity index (χ2n) is 18.0. The number of esters is 2. The van der Waals surface area contributed by atoms with Crippen LogP contribution in [-0.4, -0.2) is 75.5 Å². The van der Waals surface area contributed by atoms with Crippen LogP contribution in [-0.2, 0) is 28.6 Å². The van der Waals surface area contributed by atoms with Crippen molar-refractivity contribution in [3.63, 3.8) is 0 Å². The number of hydrogen-bond acceptors (Lipinski definition) is 7. The maximum Gasteiger partial charge on any atom is 0.306 e. The molecule has 0 aromatic heterocycles. The molecule has 0 aliphatic rings. The van der Waals surface area contributed by atoms with Gasteiger partial charge in [0.05, 0.1) is 40.3 Å². The number of ether oxygens (including phenoxy) is 3. The molecule has 0 aliphatic carbocycles. The van der Waals surface area contributed by atoms with Crippen molar-refractivity contribution in [1.82, 2.24) is 0 Å². The monoisotopic (exact) mass is 894 g/mol. The highest BCUT2D eigenvalue weighted by molar-refractivity contribution is 5.70. The molecule has 366 valence electrons. The number of carboxylic acid groups (broad SMARTS) is 1. The first-order valence-corrected chi connectivity index (χ1v) is 25.6. The van der Waals surface area contributed by atoms with Gasteiger partial charge in [-0.25, -0.2) is 0 Å². The van der Waals surface area contributed by atoms with E-state index >= 15 is 0 Å². The smallest absolute Gasteiger partial charge is 0.306 e. The molecule has 0 rings (SSSR count). The second-order valence-corrected chi connectivity index (χ2v) is 18.0. The summed E-state index contributed by atoms with van der Waals surface area (Å²) < 4.78 is 17.2. The number of quaternary nitrogens is 1. The van der Waals surface area contributed by atoms with Gasteiger partial charge in [0, 0.05) is 19.3 Å². The Morgan fingerprint density at radius 2 is 0.875 bits per heavy atom. The Kier molecular flexibility index (Phi) is 43.5. The summed E-state index contributed by atoms with van der Waals surface area (Å²) in [5.41, 5.74) is 0. The van der Waals surface area contributed by atoms with Gasteiger partial charge in [0.15, 0.2) is 6.10 Å². The first kappa shape index (κ1) is 60.5. The van der Waals surface area contributed by atoms with E-state index in [0.29, 0.717) is 12.8 Å². The topological polar surface area (TPSA) is 102 Å². The quantitative estimate of drug-likeness (QED) is 0.0260. The van der Waals surface area contributed by atoms with Gasteiger partial charge in [-0.15, -0.1) is 0 Å². The molecule has 8 nitrogen and oxygen atoms in total. The molecule has 2 atom stereocenters. The van der Waals surface area contributed by atoms with E-state index < -0.39 is 18.1 Å². The number of unbranched alkanes of at least 4 members (excludes halogenated alkanes) is 17. The van der Waals surface area contributed by atoms with E-state index in [-0.39, 0.29) is 49.1 Å². The lowest BCUT2D eigenvalue weighted by molar-refractivity contribution is -0.889. The normalized spacial score (nSPS) is 13.6. The molecule has 0 heterocycles. The lowest BCUT2D eigenvalue weighted by Crippen LogP contribution is -2.55. The molecule has 0 N–H and O–H groups in total. The third-order valence-electron chi connectivity index (χ3n) is 11.0. The number of nitrogens with zero attached hydrogens (tertiary/aromatic N) is 1. The Bertz CT molecular complexity index is 1320. The van der Waals surface area contributed by atoms with Crippen molar-refractivity contribution >= 4 is 17.9 Å². The summed E-state index contributed by atoms with van der Waals surface area (Å²) in [5.74, 6) is -1.81. The van der Waals surface area contributed by atoms with E-state index in [1.165, 1.54) is 89.9 Å². The number of rotatable bonds is 45. The van der Waals surface area contributed by atoms with Crippen LogP contribution in [0.1, 0.15) is 200 Å². The highest BCUT2D eigenvalue weighted by Crippen LogP contribution is 2.15. The number of carbonyl (C=O) groups is 3. The lowest BCUT2D eigenvalue weighted by atomic mass is 10.0. The van der Waals surface area contributed by atoms with Crippen LogP contribution in [0.3, 0.4) is 0 Å². The van der Waals surface area contributed by atoms with Crippen LogP contribution in [0.25, 0.3) is 0 Å². The summed E-state index contributed by atoms with van der Waals surface area (Å²) >= 11 is 0. The van der Waals surface area contributed by atoms with Gasteiger partial charge in [0.2, 0.25) is 0 Å². The number of carbonyl (C=O) groups excluding carboxylic acids is 3. The average Bonchev–Trinajstić information content (AvgIpc) is 3.26. The molecule has 0 fully saturated rings. The molecule has 0 radical (unpaired) electrons. The van der Waals surface area contributed by atoms with E-state index in [4.69, 9.17) is 14.2 Å². The van der Waals surface area contributed by atoms with Crippen LogP contribution >= 0.6 is 0 Å². The highest BCUT2D eigenvalue weighted by Gasteiger charge is 2.25. The van der Waals surface area contributed by atoms with E-state index in [9.17, 15) is 19.5 Å². The number of carboxylic acids is 1. The highest BCUT2D eigenvalue weighted by atomic mass is 16.6. The van der Waals surface area contributed by atoms with E-state index in [0.717, 1.165) is 70.6 Å². The van der Waals surface area contributed by atoms with Crippen LogP contribution in [0.5, 0.6) is 0 Å². The molecule has 8 heteroatoms. The minimum Gasteiger partial charge on any atom is -0.544 e. The third kappa shape index (κ3) is 43.7. The van der Waals surface area contributed by atoms with Gasteiger partial charge < -0.3 is 28.6 Å². The largest absolute Gasteiger partial charge is 0.544 e. The summed E-state index contributed by atoms with van der Waals surface area (Å²) in [6.45, 7) is 4.50. The molecule has 0 saturated carbocycles. The van der Waals surface area contributed by atoms with E-state index in [1.54, 1.807) is 21.1 Å². The molecular weight excluding hydrogens is 799 g/mol. The predicted molar refractivity (Wildman–Crippen MR) is 268 cm³/mol. The van der Waals surface area contributed by atoms with Crippen molar-refractivity contribution in [2.75, 3.05) is 41.0 Å². The zero-order chi connectivity index (χ0) is 47.0. The fraction of sp³-hybridized carbons (Fsp3) is 0.696. The Labute approximate surface area is 393 Å². The number of aliphatic carboxylic acids is 1. The molecule has 64 heavy (non-hydrogen) atoms.